The SMILES string of the molecule is COc1ccc(C(C)=O)cc1Cn1c(C)c(C(=O)NC2CC2)sc1=O. The second-order valence-electron chi connectivity index (χ2n) is 6.20. The maximum Gasteiger partial charge on any atom is 0.308 e. The molecule has 6 nitrogen and oxygen atoms in total. The molecule has 7 heteroatoms. The number of ketones is 1. The molecule has 0 aliphatic heterocycles. The Morgan fingerprint density at radius 3 is 2.68 bits per heavy atom. The van der Waals surface area contributed by atoms with E-state index in [4.69, 9.17) is 4.74 Å². The van der Waals surface area contributed by atoms with Crippen LogP contribution in [0, 0.1) is 6.92 Å². The first-order chi connectivity index (χ1) is 11.9. The van der Waals surface area contributed by atoms with Gasteiger partial charge in [-0.15, -0.1) is 0 Å². The average molecular weight is 360 g/mol. The van der Waals surface area contributed by atoms with Gasteiger partial charge in [0.05, 0.1) is 13.7 Å². The predicted molar refractivity (Wildman–Crippen MR) is 95.9 cm³/mol. The van der Waals surface area contributed by atoms with Gasteiger partial charge in [-0.25, -0.2) is 0 Å². The van der Waals surface area contributed by atoms with Gasteiger partial charge in [0.25, 0.3) is 5.91 Å². The molecule has 0 atom stereocenters. The molecule has 1 aliphatic rings. The maximum atomic E-state index is 12.4. The minimum absolute atomic E-state index is 0.0530. The molecule has 1 amide bonds. The molecule has 1 aromatic heterocycles. The number of nitrogens with zero attached hydrogens (tertiary/aromatic N) is 1. The number of ether oxygens (including phenoxy) is 1. The molecule has 1 saturated carbocycles. The minimum Gasteiger partial charge on any atom is -0.496 e. The highest BCUT2D eigenvalue weighted by molar-refractivity contribution is 7.11. The monoisotopic (exact) mass is 360 g/mol. The fraction of sp³-hybridized carbons (Fsp3) is 0.389. The van der Waals surface area contributed by atoms with Crippen LogP contribution in [0.15, 0.2) is 23.0 Å². The highest BCUT2D eigenvalue weighted by atomic mass is 32.1. The molecule has 1 aromatic carbocycles. The zero-order chi connectivity index (χ0) is 18.1. The van der Waals surface area contributed by atoms with E-state index in [-0.39, 0.29) is 29.1 Å². The molecule has 2 aromatic rings. The highest BCUT2D eigenvalue weighted by Crippen LogP contribution is 2.24. The molecule has 1 fully saturated rings. The lowest BCUT2D eigenvalue weighted by atomic mass is 10.1. The van der Waals surface area contributed by atoms with Crippen molar-refractivity contribution in [2.24, 2.45) is 0 Å². The lowest BCUT2D eigenvalue weighted by Gasteiger charge is -2.12. The summed E-state index contributed by atoms with van der Waals surface area (Å²) in [5.74, 6) is 0.361. The van der Waals surface area contributed by atoms with Crippen LogP contribution < -0.4 is 14.9 Å². The summed E-state index contributed by atoms with van der Waals surface area (Å²) < 4.78 is 6.89. The van der Waals surface area contributed by atoms with Crippen LogP contribution in [-0.2, 0) is 6.54 Å². The van der Waals surface area contributed by atoms with Crippen molar-refractivity contribution in [1.29, 1.82) is 0 Å². The molecule has 3 rings (SSSR count). The lowest BCUT2D eigenvalue weighted by molar-refractivity contribution is 0.0953. The number of hydrogen-bond acceptors (Lipinski definition) is 5. The highest BCUT2D eigenvalue weighted by Gasteiger charge is 2.26. The third kappa shape index (κ3) is 3.66. The summed E-state index contributed by atoms with van der Waals surface area (Å²) in [7, 11) is 1.55. The molecule has 25 heavy (non-hydrogen) atoms. The number of hydrogen-bond donors (Lipinski definition) is 1. The molecule has 1 N–H and O–H groups in total. The van der Waals surface area contributed by atoms with Gasteiger partial charge in [0.15, 0.2) is 5.78 Å². The Balaban J connectivity index is 1.94. The first-order valence-electron chi connectivity index (χ1n) is 8.09. The Hall–Kier alpha value is -2.41. The molecule has 132 valence electrons. The Morgan fingerprint density at radius 1 is 1.36 bits per heavy atom. The van der Waals surface area contributed by atoms with Crippen molar-refractivity contribution in [3.63, 3.8) is 0 Å². The number of carbonyl (C=O) groups is 2. The van der Waals surface area contributed by atoms with Crippen molar-refractivity contribution >= 4 is 23.0 Å². The van der Waals surface area contributed by atoms with E-state index >= 15 is 0 Å². The number of aromatic nitrogens is 1. The summed E-state index contributed by atoms with van der Waals surface area (Å²) in [4.78, 5) is 36.5. The second kappa shape index (κ2) is 6.84. The zero-order valence-corrected chi connectivity index (χ0v) is 15.2. The third-order valence-electron chi connectivity index (χ3n) is 4.28. The summed E-state index contributed by atoms with van der Waals surface area (Å²) in [6, 6.07) is 5.39. The van der Waals surface area contributed by atoms with Crippen molar-refractivity contribution < 1.29 is 14.3 Å². The number of benzene rings is 1. The van der Waals surface area contributed by atoms with Crippen LogP contribution in [0.25, 0.3) is 0 Å². The van der Waals surface area contributed by atoms with E-state index < -0.39 is 0 Å². The molecule has 1 aliphatic carbocycles. The summed E-state index contributed by atoms with van der Waals surface area (Å²) in [5.41, 5.74) is 1.92. The van der Waals surface area contributed by atoms with Crippen LogP contribution in [0.3, 0.4) is 0 Å². The normalized spacial score (nSPS) is 13.6. The largest absolute Gasteiger partial charge is 0.496 e. The van der Waals surface area contributed by atoms with E-state index in [2.05, 4.69) is 5.32 Å². The molecular formula is C18H20N2O4S. The molecule has 0 radical (unpaired) electrons. The molecule has 1 heterocycles. The number of Topliss-reactive ketones (excluding diaryl/α,β-unsaturated/α-hetero) is 1. The van der Waals surface area contributed by atoms with E-state index in [0.29, 0.717) is 21.9 Å². The predicted octanol–water partition coefficient (Wildman–Crippen LogP) is 2.37. The number of carbonyl (C=O) groups excluding carboxylic acids is 2. The maximum absolute atomic E-state index is 12.4. The molecule has 0 unspecified atom stereocenters. The van der Waals surface area contributed by atoms with E-state index in [0.717, 1.165) is 29.7 Å². The van der Waals surface area contributed by atoms with Gasteiger partial charge in [0, 0.05) is 22.9 Å². The number of amides is 1. The van der Waals surface area contributed by atoms with E-state index in [1.165, 1.54) is 6.92 Å². The Labute approximate surface area is 149 Å². The van der Waals surface area contributed by atoms with Crippen LogP contribution in [0.2, 0.25) is 0 Å². The van der Waals surface area contributed by atoms with Gasteiger partial charge in [-0.3, -0.25) is 19.0 Å². The summed E-state index contributed by atoms with van der Waals surface area (Å²) in [5, 5.41) is 2.91. The number of rotatable bonds is 6. The average Bonchev–Trinajstić information content (AvgIpc) is 3.35. The minimum atomic E-state index is -0.200. The van der Waals surface area contributed by atoms with E-state index in [9.17, 15) is 14.4 Å². The number of methoxy groups -OCH3 is 1. The van der Waals surface area contributed by atoms with Gasteiger partial charge < -0.3 is 10.1 Å². The molecule has 0 spiro atoms. The van der Waals surface area contributed by atoms with E-state index in [1.807, 2.05) is 0 Å². The van der Waals surface area contributed by atoms with Gasteiger partial charge in [-0.05, 0) is 44.9 Å². The van der Waals surface area contributed by atoms with Gasteiger partial charge in [-0.2, -0.15) is 0 Å². The Bertz CT molecular complexity index is 893. The first kappa shape index (κ1) is 17.4. The number of thiazole rings is 1. The number of nitrogens with one attached hydrogen (secondary N) is 1. The topological polar surface area (TPSA) is 77.4 Å². The van der Waals surface area contributed by atoms with Crippen LogP contribution in [0.1, 0.15) is 51.1 Å². The molecule has 0 bridgehead atoms. The summed E-state index contributed by atoms with van der Waals surface area (Å²) in [6.07, 6.45) is 1.99. The van der Waals surface area contributed by atoms with E-state index in [1.54, 1.807) is 36.8 Å². The molecule has 0 saturated heterocycles. The first-order valence-corrected chi connectivity index (χ1v) is 8.91. The van der Waals surface area contributed by atoms with Crippen LogP contribution in [-0.4, -0.2) is 29.4 Å². The summed E-state index contributed by atoms with van der Waals surface area (Å²) in [6.45, 7) is 3.51. The standard InChI is InChI=1S/C18H20N2O4S/c1-10-16(17(22)19-14-5-6-14)25-18(23)20(10)9-13-8-12(11(2)21)4-7-15(13)24-3/h4,7-8,14H,5-6,9H2,1-3H3,(H,19,22). The fourth-order valence-electron chi connectivity index (χ4n) is 2.64. The van der Waals surface area contributed by atoms with Crippen LogP contribution in [0.4, 0.5) is 0 Å². The van der Waals surface area contributed by atoms with Crippen LogP contribution >= 0.6 is 11.3 Å². The zero-order valence-electron chi connectivity index (χ0n) is 14.4. The van der Waals surface area contributed by atoms with Gasteiger partial charge >= 0.3 is 4.87 Å². The van der Waals surface area contributed by atoms with Gasteiger partial charge in [-0.1, -0.05) is 11.3 Å². The van der Waals surface area contributed by atoms with Gasteiger partial charge in [0.1, 0.15) is 10.6 Å². The Morgan fingerprint density at radius 2 is 2.08 bits per heavy atom. The smallest absolute Gasteiger partial charge is 0.308 e. The van der Waals surface area contributed by atoms with Crippen molar-refractivity contribution in [3.05, 3.63) is 49.6 Å². The fourth-order valence-corrected chi connectivity index (χ4v) is 3.54. The third-order valence-corrected chi connectivity index (χ3v) is 5.36. The van der Waals surface area contributed by atoms with Crippen molar-refractivity contribution in [2.75, 3.05) is 7.11 Å². The van der Waals surface area contributed by atoms with Gasteiger partial charge in [0.2, 0.25) is 0 Å². The molecular weight excluding hydrogens is 340 g/mol. The van der Waals surface area contributed by atoms with Crippen molar-refractivity contribution in [2.45, 2.75) is 39.3 Å². The van der Waals surface area contributed by atoms with Crippen molar-refractivity contribution in [1.82, 2.24) is 9.88 Å². The lowest BCUT2D eigenvalue weighted by Crippen LogP contribution is -2.25. The van der Waals surface area contributed by atoms with Crippen molar-refractivity contribution in [3.8, 4) is 5.75 Å². The summed E-state index contributed by atoms with van der Waals surface area (Å²) >= 11 is 0.950. The Kier molecular flexibility index (Phi) is 4.76. The second-order valence-corrected chi connectivity index (χ2v) is 7.16. The quantitative estimate of drug-likeness (QED) is 0.803. The van der Waals surface area contributed by atoms with Crippen LogP contribution in [0.5, 0.6) is 5.75 Å².